The molecule has 0 aromatic carbocycles. The summed E-state index contributed by atoms with van der Waals surface area (Å²) in [6, 6.07) is 3.12. The number of nitrogens with zero attached hydrogens (tertiary/aromatic N) is 1. The molecule has 1 aliphatic rings. The van der Waals surface area contributed by atoms with Crippen LogP contribution in [0.25, 0.3) is 0 Å². The van der Waals surface area contributed by atoms with E-state index in [1.807, 2.05) is 0 Å². The molecule has 0 N–H and O–H groups in total. The maximum absolute atomic E-state index is 2.34. The Morgan fingerprint density at radius 2 is 1.58 bits per heavy atom. The Labute approximate surface area is 90.7 Å². The van der Waals surface area contributed by atoms with Crippen LogP contribution in [0.5, 0.6) is 0 Å². The van der Waals surface area contributed by atoms with E-state index in [1.54, 1.807) is 17.8 Å². The molecule has 12 heavy (non-hydrogen) atoms. The summed E-state index contributed by atoms with van der Waals surface area (Å²) in [5, 5.41) is 0. The molecule has 0 radical (unpaired) electrons. The Bertz CT molecular complexity index is 113. The van der Waals surface area contributed by atoms with Gasteiger partial charge in [0.1, 0.15) is 0 Å². The number of rotatable bonds is 2. The summed E-state index contributed by atoms with van der Waals surface area (Å²) < 4.78 is 0. The second-order valence-electron chi connectivity index (χ2n) is 3.87. The van der Waals surface area contributed by atoms with Gasteiger partial charge in [-0.05, 0) is 14.1 Å². The number of hydrogen-bond acceptors (Lipinski definition) is 1. The zero-order valence-corrected chi connectivity index (χ0v) is 10.2. The van der Waals surface area contributed by atoms with Crippen LogP contribution >= 0.6 is 0 Å². The maximum Gasteiger partial charge on any atom is 1.00 e. The van der Waals surface area contributed by atoms with Crippen LogP contribution in [-0.2, 0) is 0 Å². The van der Waals surface area contributed by atoms with E-state index in [4.69, 9.17) is 0 Å². The molecule has 3 heteroatoms. The van der Waals surface area contributed by atoms with Crippen LogP contribution in [0, 0.1) is 5.67 Å². The second kappa shape index (κ2) is 6.26. The van der Waals surface area contributed by atoms with Crippen LogP contribution in [0.2, 0.25) is 12.1 Å². The van der Waals surface area contributed by atoms with Gasteiger partial charge in [0.25, 0.3) is 0 Å². The Morgan fingerprint density at radius 3 is 2.00 bits per heavy atom. The van der Waals surface area contributed by atoms with Gasteiger partial charge in [0.05, 0.1) is 0 Å². The molecular formula is C9H20LiNSi. The summed E-state index contributed by atoms with van der Waals surface area (Å²) in [7, 11) is 3.95. The molecule has 1 fully saturated rings. The molecule has 0 unspecified atom stereocenters. The fourth-order valence-corrected chi connectivity index (χ4v) is 5.30. The van der Waals surface area contributed by atoms with Gasteiger partial charge in [-0.15, -0.1) is 0 Å². The summed E-state index contributed by atoms with van der Waals surface area (Å²) in [5.41, 5.74) is 1.71. The first kappa shape index (κ1) is 12.8. The summed E-state index contributed by atoms with van der Waals surface area (Å²) in [5.74, 6) is 0. The first-order valence-corrected chi connectivity index (χ1v) is 6.93. The van der Waals surface area contributed by atoms with Gasteiger partial charge in [-0.2, -0.15) is 6.92 Å². The minimum Gasteiger partial charge on any atom is -0.461 e. The minimum absolute atomic E-state index is 0. The van der Waals surface area contributed by atoms with Gasteiger partial charge in [0.15, 0.2) is 0 Å². The van der Waals surface area contributed by atoms with Crippen LogP contribution in [0.4, 0.5) is 0 Å². The van der Waals surface area contributed by atoms with E-state index in [9.17, 15) is 0 Å². The zero-order valence-electron chi connectivity index (χ0n) is 9.06. The van der Waals surface area contributed by atoms with Crippen molar-refractivity contribution in [2.24, 2.45) is 0 Å². The molecular weight excluding hydrogens is 157 g/mol. The van der Waals surface area contributed by atoms with Gasteiger partial charge in [0.2, 0.25) is 0 Å². The second-order valence-corrected chi connectivity index (χ2v) is 7.25. The van der Waals surface area contributed by atoms with E-state index < -0.39 is 8.80 Å². The van der Waals surface area contributed by atoms with Crippen LogP contribution < -0.4 is 18.9 Å². The van der Waals surface area contributed by atoms with Crippen molar-refractivity contribution < 1.29 is 18.9 Å². The zero-order chi connectivity index (χ0) is 8.27. The normalized spacial score (nSPS) is 19.8. The monoisotopic (exact) mass is 177 g/mol. The Balaban J connectivity index is 0.00000121. The third kappa shape index (κ3) is 3.66. The topological polar surface area (TPSA) is 3.24 Å². The molecule has 1 rings (SSSR count). The molecule has 0 aromatic rings. The molecule has 1 saturated heterocycles. The molecule has 1 nitrogen and oxygen atoms in total. The van der Waals surface area contributed by atoms with Gasteiger partial charge in [-0.3, -0.25) is 5.67 Å². The quantitative estimate of drug-likeness (QED) is 0.388. The first-order chi connectivity index (χ1) is 5.22. The largest absolute Gasteiger partial charge is 1.00 e. The SMILES string of the molecule is C[C-](N(C)C)[SiH]1CCCCC1.[Li+]. The van der Waals surface area contributed by atoms with Gasteiger partial charge < -0.3 is 4.90 Å². The van der Waals surface area contributed by atoms with Crippen molar-refractivity contribution >= 4 is 8.80 Å². The predicted molar refractivity (Wildman–Crippen MR) is 53.2 cm³/mol. The van der Waals surface area contributed by atoms with E-state index in [-0.39, 0.29) is 18.9 Å². The third-order valence-electron chi connectivity index (χ3n) is 2.90. The van der Waals surface area contributed by atoms with Crippen LogP contribution in [-0.4, -0.2) is 27.8 Å². The number of hydrogen-bond donors (Lipinski definition) is 0. The van der Waals surface area contributed by atoms with Crippen molar-refractivity contribution in [1.82, 2.24) is 4.90 Å². The predicted octanol–water partition coefficient (Wildman–Crippen LogP) is -0.946. The smallest absolute Gasteiger partial charge is 0.461 e. The third-order valence-corrected chi connectivity index (χ3v) is 6.81. The summed E-state index contributed by atoms with van der Waals surface area (Å²) >= 11 is 0. The fraction of sp³-hybridized carbons (Fsp3) is 0.889. The van der Waals surface area contributed by atoms with Crippen LogP contribution in [0.15, 0.2) is 0 Å². The summed E-state index contributed by atoms with van der Waals surface area (Å²) in [6.07, 6.45) is 4.49. The Hall–Kier alpha value is 0.774. The van der Waals surface area contributed by atoms with Crippen molar-refractivity contribution in [3.05, 3.63) is 5.67 Å². The van der Waals surface area contributed by atoms with E-state index in [2.05, 4.69) is 25.9 Å². The maximum atomic E-state index is 2.34. The van der Waals surface area contributed by atoms with Crippen LogP contribution in [0.1, 0.15) is 26.2 Å². The Morgan fingerprint density at radius 1 is 1.08 bits per heavy atom. The summed E-state index contributed by atoms with van der Waals surface area (Å²) in [4.78, 5) is 2.34. The van der Waals surface area contributed by atoms with Crippen molar-refractivity contribution in [2.45, 2.75) is 38.3 Å². The average Bonchev–Trinajstić information content (AvgIpc) is 2.05. The molecule has 0 atom stereocenters. The molecule has 1 heterocycles. The van der Waals surface area contributed by atoms with Crippen molar-refractivity contribution in [3.63, 3.8) is 0 Å². The standard InChI is InChI=1S/C9H20NSi.Li/c1-9(10(2)3)11-7-5-4-6-8-11;/h11H,4-8H2,1-3H3;/q-1;+1. The minimum atomic E-state index is -0.436. The van der Waals surface area contributed by atoms with E-state index in [1.165, 1.54) is 19.3 Å². The first-order valence-electron chi connectivity index (χ1n) is 4.72. The van der Waals surface area contributed by atoms with Gasteiger partial charge >= 0.3 is 18.9 Å². The van der Waals surface area contributed by atoms with E-state index >= 15 is 0 Å². The van der Waals surface area contributed by atoms with Crippen molar-refractivity contribution in [3.8, 4) is 0 Å². The molecule has 0 amide bonds. The van der Waals surface area contributed by atoms with E-state index in [0.717, 1.165) is 0 Å². The van der Waals surface area contributed by atoms with Gasteiger partial charge in [-0.1, -0.05) is 40.1 Å². The molecule has 0 aliphatic carbocycles. The molecule has 0 aromatic heterocycles. The van der Waals surface area contributed by atoms with Crippen molar-refractivity contribution in [1.29, 1.82) is 0 Å². The van der Waals surface area contributed by atoms with E-state index in [0.29, 0.717) is 0 Å². The average molecular weight is 177 g/mol. The molecule has 0 saturated carbocycles. The molecule has 1 aliphatic heterocycles. The Kier molecular flexibility index (Phi) is 6.67. The van der Waals surface area contributed by atoms with Gasteiger partial charge in [-0.25, -0.2) is 0 Å². The van der Waals surface area contributed by atoms with Crippen molar-refractivity contribution in [2.75, 3.05) is 14.1 Å². The van der Waals surface area contributed by atoms with Crippen LogP contribution in [0.3, 0.4) is 0 Å². The fourth-order valence-electron chi connectivity index (χ4n) is 1.89. The summed E-state index contributed by atoms with van der Waals surface area (Å²) in [6.45, 7) is 2.34. The molecule has 0 spiro atoms. The molecule has 0 bridgehead atoms. The molecule has 66 valence electrons. The van der Waals surface area contributed by atoms with Gasteiger partial charge in [0, 0.05) is 0 Å².